The van der Waals surface area contributed by atoms with Crippen LogP contribution < -0.4 is 10.1 Å². The lowest BCUT2D eigenvalue weighted by atomic mass is 9.83. The van der Waals surface area contributed by atoms with Gasteiger partial charge in [-0.1, -0.05) is 25.1 Å². The lowest BCUT2D eigenvalue weighted by molar-refractivity contribution is 0.281. The molecule has 18 heavy (non-hydrogen) atoms. The Labute approximate surface area is 110 Å². The lowest BCUT2D eigenvalue weighted by Gasteiger charge is -2.32. The Morgan fingerprint density at radius 1 is 1.33 bits per heavy atom. The molecule has 1 atom stereocenters. The van der Waals surface area contributed by atoms with Gasteiger partial charge >= 0.3 is 0 Å². The molecule has 1 aliphatic heterocycles. The second-order valence-electron chi connectivity index (χ2n) is 5.62. The Morgan fingerprint density at radius 3 is 2.83 bits per heavy atom. The first kappa shape index (κ1) is 12.0. The van der Waals surface area contributed by atoms with Gasteiger partial charge < -0.3 is 10.1 Å². The third kappa shape index (κ3) is 2.03. The summed E-state index contributed by atoms with van der Waals surface area (Å²) in [4.78, 5) is 0. The summed E-state index contributed by atoms with van der Waals surface area (Å²) >= 11 is 0. The van der Waals surface area contributed by atoms with Crippen LogP contribution in [0.1, 0.15) is 44.6 Å². The third-order valence-corrected chi connectivity index (χ3v) is 4.29. The van der Waals surface area contributed by atoms with Crippen molar-refractivity contribution in [2.75, 3.05) is 13.2 Å². The Kier molecular flexibility index (Phi) is 3.29. The Morgan fingerprint density at radius 2 is 2.17 bits per heavy atom. The molecule has 0 spiro atoms. The lowest BCUT2D eigenvalue weighted by Crippen LogP contribution is -2.39. The van der Waals surface area contributed by atoms with E-state index >= 15 is 0 Å². The molecule has 0 aromatic heterocycles. The highest BCUT2D eigenvalue weighted by atomic mass is 16.5. The molecule has 1 aliphatic carbocycles. The van der Waals surface area contributed by atoms with Gasteiger partial charge in [0.2, 0.25) is 0 Å². The van der Waals surface area contributed by atoms with Gasteiger partial charge in [0.1, 0.15) is 5.75 Å². The van der Waals surface area contributed by atoms with Crippen molar-refractivity contribution < 1.29 is 4.74 Å². The summed E-state index contributed by atoms with van der Waals surface area (Å²) in [7, 11) is 0. The highest BCUT2D eigenvalue weighted by Gasteiger charge is 2.49. The smallest absolute Gasteiger partial charge is 0.124 e. The zero-order valence-electron chi connectivity index (χ0n) is 11.2. The van der Waals surface area contributed by atoms with Crippen molar-refractivity contribution in [3.63, 3.8) is 0 Å². The highest BCUT2D eigenvalue weighted by molar-refractivity contribution is 5.41. The van der Waals surface area contributed by atoms with E-state index in [9.17, 15) is 0 Å². The van der Waals surface area contributed by atoms with Crippen molar-refractivity contribution in [3.05, 3.63) is 29.8 Å². The summed E-state index contributed by atoms with van der Waals surface area (Å²) in [6, 6.07) is 8.64. The van der Waals surface area contributed by atoms with E-state index in [1.54, 1.807) is 0 Å². The number of ether oxygens (including phenoxy) is 1. The minimum atomic E-state index is 0.213. The second kappa shape index (κ2) is 4.93. The average Bonchev–Trinajstić information content (AvgIpc) is 3.16. The molecule has 2 fully saturated rings. The highest BCUT2D eigenvalue weighted by Crippen LogP contribution is 2.52. The van der Waals surface area contributed by atoms with E-state index in [4.69, 9.17) is 4.74 Å². The molecule has 1 saturated heterocycles. The molecule has 98 valence electrons. The van der Waals surface area contributed by atoms with Crippen LogP contribution in [0.25, 0.3) is 0 Å². The van der Waals surface area contributed by atoms with Crippen molar-refractivity contribution >= 4 is 0 Å². The first-order valence-corrected chi connectivity index (χ1v) is 7.34. The van der Waals surface area contributed by atoms with E-state index in [2.05, 4.69) is 36.5 Å². The molecular formula is C16H23NO. The maximum absolute atomic E-state index is 5.96. The first-order chi connectivity index (χ1) is 8.87. The van der Waals surface area contributed by atoms with Gasteiger partial charge in [-0.25, -0.2) is 0 Å². The quantitative estimate of drug-likeness (QED) is 0.857. The van der Waals surface area contributed by atoms with Crippen molar-refractivity contribution in [1.29, 1.82) is 0 Å². The largest absolute Gasteiger partial charge is 0.493 e. The zero-order valence-corrected chi connectivity index (χ0v) is 11.2. The van der Waals surface area contributed by atoms with E-state index in [1.165, 1.54) is 31.2 Å². The van der Waals surface area contributed by atoms with Crippen LogP contribution in [0.5, 0.6) is 5.75 Å². The molecule has 1 unspecified atom stereocenters. The third-order valence-electron chi connectivity index (χ3n) is 4.29. The number of rotatable bonds is 5. The van der Waals surface area contributed by atoms with Gasteiger partial charge in [0.25, 0.3) is 0 Å². The molecule has 2 aliphatic rings. The number of para-hydroxylation sites is 1. The van der Waals surface area contributed by atoms with Crippen LogP contribution in [0.3, 0.4) is 0 Å². The number of hydrogen-bond acceptors (Lipinski definition) is 2. The van der Waals surface area contributed by atoms with Crippen molar-refractivity contribution in [2.24, 2.45) is 5.92 Å². The summed E-state index contributed by atoms with van der Waals surface area (Å²) < 4.78 is 5.96. The summed E-state index contributed by atoms with van der Waals surface area (Å²) in [6.07, 6.45) is 6.37. The standard InChI is InChI=1S/C16H23NO/c1-2-12-18-15-7-4-3-6-14(15)16(13-8-9-13)10-5-11-17-16/h3-4,6-7,13,17H,2,5,8-12H2,1H3. The van der Waals surface area contributed by atoms with Crippen LogP contribution in [0, 0.1) is 5.92 Å². The predicted octanol–water partition coefficient (Wildman–Crippen LogP) is 3.46. The Balaban J connectivity index is 1.93. The van der Waals surface area contributed by atoms with Gasteiger partial charge in [-0.05, 0) is 50.6 Å². The molecule has 1 heterocycles. The fraction of sp³-hybridized carbons (Fsp3) is 0.625. The number of benzene rings is 1. The molecule has 2 heteroatoms. The Hall–Kier alpha value is -1.02. The van der Waals surface area contributed by atoms with Gasteiger partial charge in [-0.15, -0.1) is 0 Å². The van der Waals surface area contributed by atoms with Crippen LogP contribution in [0.15, 0.2) is 24.3 Å². The molecule has 0 amide bonds. The molecule has 0 bridgehead atoms. The fourth-order valence-electron chi connectivity index (χ4n) is 3.31. The number of nitrogens with one attached hydrogen (secondary N) is 1. The summed E-state index contributed by atoms with van der Waals surface area (Å²) in [5, 5.41) is 3.79. The van der Waals surface area contributed by atoms with Gasteiger partial charge in [-0.2, -0.15) is 0 Å². The van der Waals surface area contributed by atoms with E-state index in [0.29, 0.717) is 0 Å². The van der Waals surface area contributed by atoms with Crippen LogP contribution in [0.2, 0.25) is 0 Å². The van der Waals surface area contributed by atoms with E-state index in [0.717, 1.165) is 31.2 Å². The topological polar surface area (TPSA) is 21.3 Å². The van der Waals surface area contributed by atoms with Gasteiger partial charge in [0.15, 0.2) is 0 Å². The SMILES string of the molecule is CCCOc1ccccc1C1(C2CC2)CCCN1. The summed E-state index contributed by atoms with van der Waals surface area (Å²) in [5.74, 6) is 1.92. The number of hydrogen-bond donors (Lipinski definition) is 1. The van der Waals surface area contributed by atoms with Crippen molar-refractivity contribution in [3.8, 4) is 5.75 Å². The van der Waals surface area contributed by atoms with Crippen LogP contribution >= 0.6 is 0 Å². The molecule has 2 nitrogen and oxygen atoms in total. The van der Waals surface area contributed by atoms with Crippen LogP contribution in [-0.4, -0.2) is 13.2 Å². The Bertz CT molecular complexity index is 405. The maximum atomic E-state index is 5.96. The minimum absolute atomic E-state index is 0.213. The zero-order chi connectivity index (χ0) is 12.4. The molecule has 0 radical (unpaired) electrons. The molecule has 1 N–H and O–H groups in total. The van der Waals surface area contributed by atoms with Gasteiger partial charge in [0.05, 0.1) is 12.1 Å². The van der Waals surface area contributed by atoms with Crippen LogP contribution in [0.4, 0.5) is 0 Å². The predicted molar refractivity (Wildman–Crippen MR) is 73.9 cm³/mol. The minimum Gasteiger partial charge on any atom is -0.493 e. The monoisotopic (exact) mass is 245 g/mol. The summed E-state index contributed by atoms with van der Waals surface area (Å²) in [6.45, 7) is 4.13. The van der Waals surface area contributed by atoms with Crippen molar-refractivity contribution in [2.45, 2.75) is 44.6 Å². The first-order valence-electron chi connectivity index (χ1n) is 7.34. The molecule has 1 aromatic rings. The molecule has 3 rings (SSSR count). The molecule has 1 aromatic carbocycles. The van der Waals surface area contributed by atoms with Crippen LogP contribution in [-0.2, 0) is 5.54 Å². The van der Waals surface area contributed by atoms with E-state index < -0.39 is 0 Å². The summed E-state index contributed by atoms with van der Waals surface area (Å²) in [5.41, 5.74) is 1.61. The second-order valence-corrected chi connectivity index (χ2v) is 5.62. The van der Waals surface area contributed by atoms with E-state index in [1.807, 2.05) is 0 Å². The average molecular weight is 245 g/mol. The molecule has 1 saturated carbocycles. The van der Waals surface area contributed by atoms with E-state index in [-0.39, 0.29) is 5.54 Å². The van der Waals surface area contributed by atoms with Gasteiger partial charge in [0, 0.05) is 5.56 Å². The fourth-order valence-corrected chi connectivity index (χ4v) is 3.31. The maximum Gasteiger partial charge on any atom is 0.124 e. The molecular weight excluding hydrogens is 222 g/mol. The van der Waals surface area contributed by atoms with Gasteiger partial charge in [-0.3, -0.25) is 0 Å². The normalized spacial score (nSPS) is 27.4. The van der Waals surface area contributed by atoms with Crippen molar-refractivity contribution in [1.82, 2.24) is 5.32 Å².